The van der Waals surface area contributed by atoms with Crippen LogP contribution >= 0.6 is 11.3 Å². The maximum Gasteiger partial charge on any atom is 0.148 e. The summed E-state index contributed by atoms with van der Waals surface area (Å²) < 4.78 is 12.9. The van der Waals surface area contributed by atoms with Crippen molar-refractivity contribution in [1.29, 1.82) is 0 Å². The Bertz CT molecular complexity index is 627. The molecule has 2 nitrogen and oxygen atoms in total. The number of rotatable bonds is 2. The quantitative estimate of drug-likeness (QED) is 0.693. The van der Waals surface area contributed by atoms with Crippen LogP contribution in [0.25, 0.3) is 21.1 Å². The Morgan fingerprint density at radius 3 is 1.79 bits per heavy atom. The number of hydrogen-bond donors (Lipinski definition) is 0. The molecule has 0 N–H and O–H groups in total. The van der Waals surface area contributed by atoms with Gasteiger partial charge in [-0.05, 0) is 31.2 Å². The summed E-state index contributed by atoms with van der Waals surface area (Å²) in [6.45, 7) is 2.05. The van der Waals surface area contributed by atoms with Gasteiger partial charge in [-0.1, -0.05) is 41.2 Å². The lowest BCUT2D eigenvalue weighted by Crippen LogP contribution is -1.78. The molecule has 0 saturated heterocycles. The van der Waals surface area contributed by atoms with E-state index in [1.807, 2.05) is 31.2 Å². The molecule has 1 aromatic heterocycles. The lowest BCUT2D eigenvalue weighted by molar-refractivity contribution is 0.628. The fourth-order valence-corrected chi connectivity index (χ4v) is 2.60. The molecule has 0 spiro atoms. The van der Waals surface area contributed by atoms with Crippen molar-refractivity contribution in [3.63, 3.8) is 0 Å². The molecule has 0 aliphatic rings. The van der Waals surface area contributed by atoms with Crippen molar-refractivity contribution in [2.24, 2.45) is 0 Å². The lowest BCUT2D eigenvalue weighted by atomic mass is 10.2. The monoisotopic (exact) mass is 270 g/mol. The minimum absolute atomic E-state index is 0.243. The highest BCUT2D eigenvalue weighted by molar-refractivity contribution is 7.17. The molecular formula is C15H11FN2S. The van der Waals surface area contributed by atoms with E-state index in [1.54, 1.807) is 12.1 Å². The molecule has 0 radical (unpaired) electrons. The predicted octanol–water partition coefficient (Wildman–Crippen LogP) is 4.32. The van der Waals surface area contributed by atoms with Crippen LogP contribution < -0.4 is 0 Å². The van der Waals surface area contributed by atoms with Gasteiger partial charge in [-0.15, -0.1) is 10.2 Å². The van der Waals surface area contributed by atoms with E-state index in [4.69, 9.17) is 0 Å². The van der Waals surface area contributed by atoms with Gasteiger partial charge in [-0.25, -0.2) is 4.39 Å². The average Bonchev–Trinajstić information content (AvgIpc) is 2.90. The molecule has 0 aliphatic heterocycles. The van der Waals surface area contributed by atoms with E-state index in [0.29, 0.717) is 0 Å². The zero-order valence-electron chi connectivity index (χ0n) is 10.3. The van der Waals surface area contributed by atoms with Crippen LogP contribution in [0.4, 0.5) is 4.39 Å². The van der Waals surface area contributed by atoms with Gasteiger partial charge in [-0.3, -0.25) is 0 Å². The van der Waals surface area contributed by atoms with Gasteiger partial charge in [0.15, 0.2) is 0 Å². The van der Waals surface area contributed by atoms with Gasteiger partial charge < -0.3 is 0 Å². The van der Waals surface area contributed by atoms with Gasteiger partial charge in [0.2, 0.25) is 0 Å². The Morgan fingerprint density at radius 1 is 0.789 bits per heavy atom. The molecule has 1 heterocycles. The van der Waals surface area contributed by atoms with Crippen molar-refractivity contribution in [1.82, 2.24) is 10.2 Å². The molecule has 0 fully saturated rings. The summed E-state index contributed by atoms with van der Waals surface area (Å²) in [4.78, 5) is 0. The SMILES string of the molecule is Cc1ccc(-c2nnc(-c3ccc(F)cc3)s2)cc1. The first kappa shape index (κ1) is 12.0. The minimum atomic E-state index is -0.243. The van der Waals surface area contributed by atoms with Gasteiger partial charge >= 0.3 is 0 Å². The van der Waals surface area contributed by atoms with Crippen LogP contribution in [0.5, 0.6) is 0 Å². The van der Waals surface area contributed by atoms with Crippen molar-refractivity contribution in [3.8, 4) is 21.1 Å². The first-order valence-electron chi connectivity index (χ1n) is 5.89. The standard InChI is InChI=1S/C15H11FN2S/c1-10-2-4-11(5-3-10)14-17-18-15(19-14)12-6-8-13(16)9-7-12/h2-9H,1H3. The normalized spacial score (nSPS) is 10.6. The first-order valence-corrected chi connectivity index (χ1v) is 6.70. The molecular weight excluding hydrogens is 259 g/mol. The number of hydrogen-bond acceptors (Lipinski definition) is 3. The molecule has 94 valence electrons. The summed E-state index contributed by atoms with van der Waals surface area (Å²) in [6, 6.07) is 14.5. The fraction of sp³-hybridized carbons (Fsp3) is 0.0667. The fourth-order valence-electron chi connectivity index (χ4n) is 1.75. The maximum absolute atomic E-state index is 12.9. The Hall–Kier alpha value is -2.07. The lowest BCUT2D eigenvalue weighted by Gasteiger charge is -1.96. The molecule has 0 saturated carbocycles. The number of benzene rings is 2. The molecule has 2 aromatic carbocycles. The molecule has 4 heteroatoms. The van der Waals surface area contributed by atoms with Crippen LogP contribution in [-0.2, 0) is 0 Å². The van der Waals surface area contributed by atoms with Crippen LogP contribution in [0.1, 0.15) is 5.56 Å². The Balaban J connectivity index is 1.95. The third-order valence-corrected chi connectivity index (χ3v) is 3.84. The second-order valence-electron chi connectivity index (χ2n) is 4.29. The summed E-state index contributed by atoms with van der Waals surface area (Å²) in [5.74, 6) is -0.243. The summed E-state index contributed by atoms with van der Waals surface area (Å²) in [7, 11) is 0. The first-order chi connectivity index (χ1) is 9.22. The van der Waals surface area contributed by atoms with Crippen molar-refractivity contribution in [2.75, 3.05) is 0 Å². The van der Waals surface area contributed by atoms with E-state index in [0.717, 1.165) is 21.1 Å². The minimum Gasteiger partial charge on any atom is -0.207 e. The smallest absolute Gasteiger partial charge is 0.148 e. The van der Waals surface area contributed by atoms with Crippen LogP contribution in [0, 0.1) is 12.7 Å². The third kappa shape index (κ3) is 2.53. The second-order valence-corrected chi connectivity index (χ2v) is 5.26. The molecule has 0 unspecified atom stereocenters. The zero-order valence-corrected chi connectivity index (χ0v) is 11.1. The molecule has 0 bridgehead atoms. The van der Waals surface area contributed by atoms with Gasteiger partial charge in [0, 0.05) is 11.1 Å². The van der Waals surface area contributed by atoms with Crippen molar-refractivity contribution in [3.05, 3.63) is 59.9 Å². The van der Waals surface area contributed by atoms with Gasteiger partial charge in [0.05, 0.1) is 0 Å². The number of aryl methyl sites for hydroxylation is 1. The van der Waals surface area contributed by atoms with Gasteiger partial charge in [-0.2, -0.15) is 0 Å². The molecule has 0 aliphatic carbocycles. The van der Waals surface area contributed by atoms with Crippen molar-refractivity contribution < 1.29 is 4.39 Å². The third-order valence-electron chi connectivity index (χ3n) is 2.81. The van der Waals surface area contributed by atoms with Crippen LogP contribution in [0.3, 0.4) is 0 Å². The number of halogens is 1. The molecule has 0 amide bonds. The largest absolute Gasteiger partial charge is 0.207 e. The topological polar surface area (TPSA) is 25.8 Å². The summed E-state index contributed by atoms with van der Waals surface area (Å²) in [6.07, 6.45) is 0. The van der Waals surface area contributed by atoms with Crippen molar-refractivity contribution in [2.45, 2.75) is 6.92 Å². The van der Waals surface area contributed by atoms with E-state index in [-0.39, 0.29) is 5.82 Å². The maximum atomic E-state index is 12.9. The number of nitrogens with zero attached hydrogens (tertiary/aromatic N) is 2. The Morgan fingerprint density at radius 2 is 1.26 bits per heavy atom. The highest BCUT2D eigenvalue weighted by Crippen LogP contribution is 2.29. The van der Waals surface area contributed by atoms with Crippen molar-refractivity contribution >= 4 is 11.3 Å². The molecule has 3 aromatic rings. The highest BCUT2D eigenvalue weighted by Gasteiger charge is 2.08. The Kier molecular flexibility index (Phi) is 3.09. The van der Waals surface area contributed by atoms with Gasteiger partial charge in [0.25, 0.3) is 0 Å². The predicted molar refractivity (Wildman–Crippen MR) is 75.5 cm³/mol. The second kappa shape index (κ2) is 4.90. The zero-order chi connectivity index (χ0) is 13.2. The van der Waals surface area contributed by atoms with E-state index in [1.165, 1.54) is 29.0 Å². The summed E-state index contributed by atoms with van der Waals surface area (Å²) in [5.41, 5.74) is 3.15. The van der Waals surface area contributed by atoms with Crippen LogP contribution in [0.15, 0.2) is 48.5 Å². The Labute approximate surface area is 114 Å². The molecule has 19 heavy (non-hydrogen) atoms. The number of aromatic nitrogens is 2. The average molecular weight is 270 g/mol. The summed E-state index contributed by atoms with van der Waals surface area (Å²) >= 11 is 1.51. The molecule has 3 rings (SSSR count). The van der Waals surface area contributed by atoms with E-state index in [2.05, 4.69) is 10.2 Å². The van der Waals surface area contributed by atoms with E-state index >= 15 is 0 Å². The van der Waals surface area contributed by atoms with Gasteiger partial charge in [0.1, 0.15) is 15.8 Å². The highest BCUT2D eigenvalue weighted by atomic mass is 32.1. The van der Waals surface area contributed by atoms with Crippen LogP contribution in [-0.4, -0.2) is 10.2 Å². The van der Waals surface area contributed by atoms with E-state index < -0.39 is 0 Å². The van der Waals surface area contributed by atoms with E-state index in [9.17, 15) is 4.39 Å². The van der Waals surface area contributed by atoms with Crippen LogP contribution in [0.2, 0.25) is 0 Å². The molecule has 0 atom stereocenters. The summed E-state index contributed by atoms with van der Waals surface area (Å²) in [5, 5.41) is 10.0.